The van der Waals surface area contributed by atoms with Crippen LogP contribution in [0.3, 0.4) is 0 Å². The second-order valence-electron chi connectivity index (χ2n) is 8.64. The lowest BCUT2D eigenvalue weighted by molar-refractivity contribution is -0.142. The fourth-order valence-corrected chi connectivity index (χ4v) is 6.25. The van der Waals surface area contributed by atoms with E-state index in [0.717, 1.165) is 18.4 Å². The van der Waals surface area contributed by atoms with Gasteiger partial charge in [-0.2, -0.15) is 0 Å². The van der Waals surface area contributed by atoms with E-state index < -0.39 is 24.2 Å². The highest BCUT2D eigenvalue weighted by Gasteiger charge is 2.63. The van der Waals surface area contributed by atoms with Crippen LogP contribution < -0.4 is 0 Å². The number of Topliss-reactive ketones (excluding diaryl/α,β-unsaturated/α-hetero) is 1. The molecule has 3 fully saturated rings. The Morgan fingerprint density at radius 1 is 1.40 bits per heavy atom. The SMILES string of the molecule is CC12C=CC(=O)C=C1CCC1C2C(O)CC2(C)C(C(=O)CO)OCC12. The van der Waals surface area contributed by atoms with E-state index in [2.05, 4.69) is 6.92 Å². The van der Waals surface area contributed by atoms with Crippen molar-refractivity contribution in [2.75, 3.05) is 13.2 Å². The first-order valence-electron chi connectivity index (χ1n) is 9.19. The Hall–Kier alpha value is -1.30. The molecule has 0 radical (unpaired) electrons. The molecule has 0 aromatic carbocycles. The smallest absolute Gasteiger partial charge is 0.187 e. The molecule has 1 heterocycles. The van der Waals surface area contributed by atoms with Crippen molar-refractivity contribution in [2.45, 2.75) is 45.3 Å². The van der Waals surface area contributed by atoms with E-state index in [4.69, 9.17) is 4.74 Å². The lowest BCUT2D eigenvalue weighted by Crippen LogP contribution is -2.57. The molecule has 0 aromatic heterocycles. The average molecular weight is 346 g/mol. The number of hydrogen-bond donors (Lipinski definition) is 2. The fraction of sp³-hybridized carbons (Fsp3) is 0.700. The second kappa shape index (κ2) is 5.60. The summed E-state index contributed by atoms with van der Waals surface area (Å²) < 4.78 is 5.83. The Balaban J connectivity index is 1.71. The van der Waals surface area contributed by atoms with Crippen LogP contribution in [0.1, 0.15) is 33.1 Å². The summed E-state index contributed by atoms with van der Waals surface area (Å²) in [6, 6.07) is 0. The zero-order valence-electron chi connectivity index (χ0n) is 14.8. The lowest BCUT2D eigenvalue weighted by Gasteiger charge is -2.57. The summed E-state index contributed by atoms with van der Waals surface area (Å²) >= 11 is 0. The Labute approximate surface area is 147 Å². The number of hydrogen-bond acceptors (Lipinski definition) is 5. The molecular weight excluding hydrogens is 320 g/mol. The molecule has 3 aliphatic carbocycles. The van der Waals surface area contributed by atoms with Gasteiger partial charge in [0.05, 0.1) is 12.7 Å². The standard InChI is InChI=1S/C20H26O5/c1-19-6-5-12(22)7-11(19)3-4-13-14-10-25-18(16(24)9-21)20(14,2)8-15(23)17(13)19/h5-7,13-15,17-18,21,23H,3-4,8-10H2,1-2H3. The Bertz CT molecular complexity index is 680. The third kappa shape index (κ3) is 2.25. The predicted octanol–water partition coefficient (Wildman–Crippen LogP) is 1.43. The molecular formula is C20H26O5. The van der Waals surface area contributed by atoms with Crippen LogP contribution in [0, 0.1) is 28.6 Å². The summed E-state index contributed by atoms with van der Waals surface area (Å²) in [5.41, 5.74) is 0.369. The lowest BCUT2D eigenvalue weighted by atomic mass is 9.47. The first-order chi connectivity index (χ1) is 11.8. The summed E-state index contributed by atoms with van der Waals surface area (Å²) in [6.07, 6.45) is 6.36. The third-order valence-corrected chi connectivity index (χ3v) is 7.42. The Morgan fingerprint density at radius 2 is 2.16 bits per heavy atom. The van der Waals surface area contributed by atoms with Gasteiger partial charge in [-0.3, -0.25) is 9.59 Å². The maximum Gasteiger partial charge on any atom is 0.187 e. The molecule has 4 aliphatic rings. The van der Waals surface area contributed by atoms with Gasteiger partial charge in [-0.1, -0.05) is 25.5 Å². The van der Waals surface area contributed by atoms with Gasteiger partial charge in [0.25, 0.3) is 0 Å². The molecule has 25 heavy (non-hydrogen) atoms. The maximum atomic E-state index is 12.2. The van der Waals surface area contributed by atoms with Crippen LogP contribution >= 0.6 is 0 Å². The van der Waals surface area contributed by atoms with Gasteiger partial charge in [-0.05, 0) is 43.3 Å². The van der Waals surface area contributed by atoms with Crippen LogP contribution in [0.15, 0.2) is 23.8 Å². The Morgan fingerprint density at radius 3 is 2.88 bits per heavy atom. The number of carbonyl (C=O) groups excluding carboxylic acids is 2. The van der Waals surface area contributed by atoms with Crippen molar-refractivity contribution in [1.82, 2.24) is 0 Å². The van der Waals surface area contributed by atoms with Crippen molar-refractivity contribution in [1.29, 1.82) is 0 Å². The van der Waals surface area contributed by atoms with E-state index in [1.807, 2.05) is 13.0 Å². The van der Waals surface area contributed by atoms with Crippen molar-refractivity contribution in [3.8, 4) is 0 Å². The average Bonchev–Trinajstić information content (AvgIpc) is 2.91. The Kier molecular flexibility index (Phi) is 3.84. The predicted molar refractivity (Wildman–Crippen MR) is 90.6 cm³/mol. The highest BCUT2D eigenvalue weighted by atomic mass is 16.5. The summed E-state index contributed by atoms with van der Waals surface area (Å²) in [6.45, 7) is 4.12. The van der Waals surface area contributed by atoms with E-state index in [-0.39, 0.29) is 34.7 Å². The van der Waals surface area contributed by atoms with Crippen molar-refractivity contribution in [2.24, 2.45) is 28.6 Å². The van der Waals surface area contributed by atoms with Crippen molar-refractivity contribution < 1.29 is 24.5 Å². The highest BCUT2D eigenvalue weighted by molar-refractivity contribution is 6.01. The molecule has 5 nitrogen and oxygen atoms in total. The van der Waals surface area contributed by atoms with Crippen LogP contribution in [-0.4, -0.2) is 47.2 Å². The second-order valence-corrected chi connectivity index (χ2v) is 8.64. The number of aliphatic hydroxyl groups is 2. The van der Waals surface area contributed by atoms with Gasteiger partial charge in [0.1, 0.15) is 12.7 Å². The number of ketones is 2. The van der Waals surface area contributed by atoms with E-state index in [1.54, 1.807) is 12.2 Å². The molecule has 0 bridgehead atoms. The molecule has 0 spiro atoms. The zero-order chi connectivity index (χ0) is 18.0. The van der Waals surface area contributed by atoms with Gasteiger partial charge in [-0.15, -0.1) is 0 Å². The molecule has 7 unspecified atom stereocenters. The molecule has 0 aromatic rings. The first kappa shape index (κ1) is 17.1. The molecule has 1 saturated heterocycles. The van der Waals surface area contributed by atoms with E-state index in [0.29, 0.717) is 13.0 Å². The van der Waals surface area contributed by atoms with Gasteiger partial charge in [0.2, 0.25) is 0 Å². The van der Waals surface area contributed by atoms with Gasteiger partial charge in [0, 0.05) is 16.7 Å². The summed E-state index contributed by atoms with van der Waals surface area (Å²) in [5.74, 6) is 0.192. The van der Waals surface area contributed by atoms with Gasteiger partial charge < -0.3 is 14.9 Å². The van der Waals surface area contributed by atoms with Crippen LogP contribution in [0.2, 0.25) is 0 Å². The number of aliphatic hydroxyl groups excluding tert-OH is 2. The fourth-order valence-electron chi connectivity index (χ4n) is 6.25. The monoisotopic (exact) mass is 346 g/mol. The van der Waals surface area contributed by atoms with E-state index in [1.165, 1.54) is 0 Å². The van der Waals surface area contributed by atoms with E-state index in [9.17, 15) is 19.8 Å². The molecule has 2 N–H and O–H groups in total. The molecule has 4 rings (SSSR count). The molecule has 0 amide bonds. The molecule has 1 aliphatic heterocycles. The molecule has 2 saturated carbocycles. The summed E-state index contributed by atoms with van der Waals surface area (Å²) in [7, 11) is 0. The number of ether oxygens (including phenoxy) is 1. The number of carbonyl (C=O) groups is 2. The van der Waals surface area contributed by atoms with Crippen LogP contribution in [0.4, 0.5) is 0 Å². The number of fused-ring (bicyclic) bond motifs is 5. The molecule has 136 valence electrons. The quantitative estimate of drug-likeness (QED) is 0.790. The minimum atomic E-state index is -0.633. The van der Waals surface area contributed by atoms with Crippen molar-refractivity contribution in [3.63, 3.8) is 0 Å². The third-order valence-electron chi connectivity index (χ3n) is 7.42. The maximum absolute atomic E-state index is 12.2. The van der Waals surface area contributed by atoms with Crippen molar-refractivity contribution in [3.05, 3.63) is 23.8 Å². The van der Waals surface area contributed by atoms with Gasteiger partial charge in [0.15, 0.2) is 11.6 Å². The normalized spacial score (nSPS) is 48.4. The zero-order valence-corrected chi connectivity index (χ0v) is 14.8. The topological polar surface area (TPSA) is 83.8 Å². The van der Waals surface area contributed by atoms with Crippen molar-refractivity contribution >= 4 is 11.6 Å². The van der Waals surface area contributed by atoms with Gasteiger partial charge in [-0.25, -0.2) is 0 Å². The number of allylic oxidation sites excluding steroid dienone is 4. The number of rotatable bonds is 2. The summed E-state index contributed by atoms with van der Waals surface area (Å²) in [5, 5.41) is 20.4. The highest BCUT2D eigenvalue weighted by Crippen LogP contribution is 2.63. The van der Waals surface area contributed by atoms with Gasteiger partial charge >= 0.3 is 0 Å². The van der Waals surface area contributed by atoms with Crippen LogP contribution in [0.5, 0.6) is 0 Å². The molecule has 7 atom stereocenters. The largest absolute Gasteiger partial charge is 0.393 e. The minimum absolute atomic E-state index is 0.0267. The van der Waals surface area contributed by atoms with Crippen LogP contribution in [0.25, 0.3) is 0 Å². The molecule has 5 heteroatoms. The van der Waals surface area contributed by atoms with Crippen LogP contribution in [-0.2, 0) is 14.3 Å². The van der Waals surface area contributed by atoms with E-state index >= 15 is 0 Å². The minimum Gasteiger partial charge on any atom is -0.393 e. The summed E-state index contributed by atoms with van der Waals surface area (Å²) in [4.78, 5) is 23.9. The first-order valence-corrected chi connectivity index (χ1v) is 9.19.